The van der Waals surface area contributed by atoms with Gasteiger partial charge < -0.3 is 0 Å². The molecule has 2 heterocycles. The van der Waals surface area contributed by atoms with Gasteiger partial charge in [-0.15, -0.1) is 0 Å². The second-order valence-corrected chi connectivity index (χ2v) is 7.99. The lowest BCUT2D eigenvalue weighted by Gasteiger charge is -2.12. The Morgan fingerprint density at radius 1 is 1.48 bits per heavy atom. The van der Waals surface area contributed by atoms with Gasteiger partial charge in [-0.1, -0.05) is 23.5 Å². The van der Waals surface area contributed by atoms with E-state index in [9.17, 15) is 13.2 Å². The molecule has 1 atom stereocenters. The normalized spacial score (nSPS) is 19.6. The van der Waals surface area contributed by atoms with Crippen LogP contribution in [0.4, 0.5) is 5.13 Å². The van der Waals surface area contributed by atoms with Gasteiger partial charge in [-0.05, 0) is 18.6 Å². The van der Waals surface area contributed by atoms with E-state index < -0.39 is 10.0 Å². The van der Waals surface area contributed by atoms with Gasteiger partial charge >= 0.3 is 0 Å². The van der Waals surface area contributed by atoms with Crippen molar-refractivity contribution in [3.05, 3.63) is 23.8 Å². The number of para-hydroxylation sites is 1. The molecule has 1 amide bonds. The maximum atomic E-state index is 12.1. The number of carbonyl (C=O) groups excluding carboxylic acids is 1. The molecule has 1 saturated heterocycles. The van der Waals surface area contributed by atoms with Gasteiger partial charge in [0.05, 0.1) is 16.0 Å². The van der Waals surface area contributed by atoms with Crippen molar-refractivity contribution in [2.45, 2.75) is 13.3 Å². The average molecular weight is 325 g/mol. The summed E-state index contributed by atoms with van der Waals surface area (Å²) in [5, 5.41) is 5.68. The molecule has 1 aromatic heterocycles. The van der Waals surface area contributed by atoms with Crippen LogP contribution in [0.25, 0.3) is 10.2 Å². The van der Waals surface area contributed by atoms with Gasteiger partial charge in [0, 0.05) is 18.9 Å². The van der Waals surface area contributed by atoms with Crippen molar-refractivity contribution in [1.29, 1.82) is 0 Å². The highest BCUT2D eigenvalue weighted by molar-refractivity contribution is 7.89. The predicted molar refractivity (Wildman–Crippen MR) is 82.8 cm³/mol. The number of sulfonamides is 1. The Bertz CT molecular complexity index is 813. The molecule has 1 aliphatic rings. The van der Waals surface area contributed by atoms with E-state index in [1.54, 1.807) is 4.90 Å². The Kier molecular flexibility index (Phi) is 3.46. The standard InChI is InChI=1S/C13H15N3O3S2/c1-8-3-2-4-10-12(8)15-13(20-10)16-6-9(5-11(16)17)7-21(14,18)19/h2-4,9H,5-7H2,1H3,(H2,14,18,19). The van der Waals surface area contributed by atoms with Crippen LogP contribution in [0, 0.1) is 12.8 Å². The van der Waals surface area contributed by atoms with Gasteiger partial charge in [-0.3, -0.25) is 9.69 Å². The number of benzene rings is 1. The lowest BCUT2D eigenvalue weighted by atomic mass is 10.1. The molecule has 0 spiro atoms. The van der Waals surface area contributed by atoms with Gasteiger partial charge in [0.1, 0.15) is 0 Å². The number of fused-ring (bicyclic) bond motifs is 1. The van der Waals surface area contributed by atoms with Crippen LogP contribution in [0.3, 0.4) is 0 Å². The average Bonchev–Trinajstić information content (AvgIpc) is 2.91. The highest BCUT2D eigenvalue weighted by Gasteiger charge is 2.34. The number of amides is 1. The maximum Gasteiger partial charge on any atom is 0.229 e. The van der Waals surface area contributed by atoms with E-state index in [4.69, 9.17) is 5.14 Å². The van der Waals surface area contributed by atoms with Crippen LogP contribution in [-0.2, 0) is 14.8 Å². The van der Waals surface area contributed by atoms with Crippen LogP contribution >= 0.6 is 11.3 Å². The Balaban J connectivity index is 1.89. The zero-order valence-corrected chi connectivity index (χ0v) is 13.1. The summed E-state index contributed by atoms with van der Waals surface area (Å²) in [5.41, 5.74) is 1.95. The molecular formula is C13H15N3O3S2. The topological polar surface area (TPSA) is 93.4 Å². The fourth-order valence-electron chi connectivity index (χ4n) is 2.60. The number of carbonyl (C=O) groups is 1. The monoisotopic (exact) mass is 325 g/mol. The highest BCUT2D eigenvalue weighted by Crippen LogP contribution is 2.34. The van der Waals surface area contributed by atoms with E-state index in [0.717, 1.165) is 15.8 Å². The summed E-state index contributed by atoms with van der Waals surface area (Å²) in [4.78, 5) is 18.2. The number of thiazole rings is 1. The van der Waals surface area contributed by atoms with Crippen LogP contribution in [-0.4, -0.2) is 31.6 Å². The number of anilines is 1. The summed E-state index contributed by atoms with van der Waals surface area (Å²) in [6, 6.07) is 5.89. The first-order chi connectivity index (χ1) is 9.83. The Labute approximate surface area is 126 Å². The molecule has 1 aromatic carbocycles. The van der Waals surface area contributed by atoms with Crippen molar-refractivity contribution in [1.82, 2.24) is 4.98 Å². The van der Waals surface area contributed by atoms with Gasteiger partial charge in [0.2, 0.25) is 15.9 Å². The third kappa shape index (κ3) is 2.92. The Morgan fingerprint density at radius 3 is 2.90 bits per heavy atom. The molecule has 6 nitrogen and oxygen atoms in total. The minimum Gasteiger partial charge on any atom is -0.288 e. The molecule has 0 bridgehead atoms. The van der Waals surface area contributed by atoms with Crippen LogP contribution in [0.15, 0.2) is 18.2 Å². The second-order valence-electron chi connectivity index (χ2n) is 5.32. The summed E-state index contributed by atoms with van der Waals surface area (Å²) < 4.78 is 23.3. The highest BCUT2D eigenvalue weighted by atomic mass is 32.2. The van der Waals surface area contributed by atoms with E-state index in [0.29, 0.717) is 11.7 Å². The molecule has 2 aromatic rings. The molecule has 0 saturated carbocycles. The van der Waals surface area contributed by atoms with Crippen LogP contribution in [0.1, 0.15) is 12.0 Å². The first-order valence-corrected chi connectivity index (χ1v) is 9.03. The molecule has 8 heteroatoms. The number of aromatic nitrogens is 1. The first-order valence-electron chi connectivity index (χ1n) is 6.50. The third-order valence-electron chi connectivity index (χ3n) is 3.51. The molecule has 2 N–H and O–H groups in total. The quantitative estimate of drug-likeness (QED) is 0.919. The first kappa shape index (κ1) is 14.4. The molecular weight excluding hydrogens is 310 g/mol. The van der Waals surface area contributed by atoms with Gasteiger partial charge in [0.25, 0.3) is 0 Å². The lowest BCUT2D eigenvalue weighted by Crippen LogP contribution is -2.27. The van der Waals surface area contributed by atoms with Crippen LogP contribution in [0.2, 0.25) is 0 Å². The molecule has 0 aliphatic carbocycles. The smallest absolute Gasteiger partial charge is 0.229 e. The number of hydrogen-bond donors (Lipinski definition) is 1. The van der Waals surface area contributed by atoms with E-state index in [2.05, 4.69) is 4.98 Å². The Hall–Kier alpha value is -1.51. The zero-order chi connectivity index (χ0) is 15.2. The Morgan fingerprint density at radius 2 is 2.24 bits per heavy atom. The zero-order valence-electron chi connectivity index (χ0n) is 11.4. The number of aryl methyl sites for hydroxylation is 1. The second kappa shape index (κ2) is 5.04. The molecule has 112 valence electrons. The van der Waals surface area contributed by atoms with Crippen LogP contribution in [0.5, 0.6) is 0 Å². The summed E-state index contributed by atoms with van der Waals surface area (Å²) in [6.07, 6.45) is 0.200. The van der Waals surface area contributed by atoms with Crippen LogP contribution < -0.4 is 10.0 Å². The molecule has 0 radical (unpaired) electrons. The van der Waals surface area contributed by atoms with Gasteiger partial charge in [-0.25, -0.2) is 18.5 Å². The minimum atomic E-state index is -3.56. The van der Waals surface area contributed by atoms with E-state index >= 15 is 0 Å². The van der Waals surface area contributed by atoms with Crippen molar-refractivity contribution in [2.75, 3.05) is 17.2 Å². The van der Waals surface area contributed by atoms with Gasteiger partial charge in [0.15, 0.2) is 5.13 Å². The minimum absolute atomic E-state index is 0.0969. The SMILES string of the molecule is Cc1cccc2sc(N3CC(CS(N)(=O)=O)CC3=O)nc12. The van der Waals surface area contributed by atoms with E-state index in [1.165, 1.54) is 11.3 Å². The molecule has 21 heavy (non-hydrogen) atoms. The predicted octanol–water partition coefficient (Wildman–Crippen LogP) is 1.25. The maximum absolute atomic E-state index is 12.1. The van der Waals surface area contributed by atoms with Crippen molar-refractivity contribution < 1.29 is 13.2 Å². The van der Waals surface area contributed by atoms with E-state index in [-0.39, 0.29) is 24.0 Å². The largest absolute Gasteiger partial charge is 0.288 e. The summed E-state index contributed by atoms with van der Waals surface area (Å²) in [6.45, 7) is 2.33. The van der Waals surface area contributed by atoms with Gasteiger partial charge in [-0.2, -0.15) is 0 Å². The van der Waals surface area contributed by atoms with Crippen molar-refractivity contribution >= 4 is 42.6 Å². The fourth-order valence-corrected chi connectivity index (χ4v) is 4.55. The number of rotatable bonds is 3. The van der Waals surface area contributed by atoms with Crippen molar-refractivity contribution in [3.8, 4) is 0 Å². The number of nitrogens with zero attached hydrogens (tertiary/aromatic N) is 2. The summed E-state index contributed by atoms with van der Waals surface area (Å²) in [5.74, 6) is -0.528. The molecule has 3 rings (SSSR count). The van der Waals surface area contributed by atoms with Crippen molar-refractivity contribution in [3.63, 3.8) is 0 Å². The number of primary sulfonamides is 1. The number of hydrogen-bond acceptors (Lipinski definition) is 5. The summed E-state index contributed by atoms with van der Waals surface area (Å²) in [7, 11) is -3.56. The van der Waals surface area contributed by atoms with E-state index in [1.807, 2.05) is 25.1 Å². The molecule has 1 unspecified atom stereocenters. The molecule has 1 fully saturated rings. The lowest BCUT2D eigenvalue weighted by molar-refractivity contribution is -0.117. The fraction of sp³-hybridized carbons (Fsp3) is 0.385. The van der Waals surface area contributed by atoms with Crippen molar-refractivity contribution in [2.24, 2.45) is 11.1 Å². The number of nitrogens with two attached hydrogens (primary N) is 1. The molecule has 1 aliphatic heterocycles. The summed E-state index contributed by atoms with van der Waals surface area (Å²) >= 11 is 1.45. The third-order valence-corrected chi connectivity index (χ3v) is 5.49.